The zero-order valence-electron chi connectivity index (χ0n) is 10.7. The third-order valence-electron chi connectivity index (χ3n) is 3.07. The molecule has 2 heterocycles. The summed E-state index contributed by atoms with van der Waals surface area (Å²) in [6, 6.07) is 2.88. The van der Waals surface area contributed by atoms with Crippen molar-refractivity contribution in [2.24, 2.45) is 5.92 Å². The molecule has 0 spiro atoms. The standard InChI is InChI=1S/C13H21NS3/c1-9(8-15-3)7-14-12-6-10(2)17-13-11(12)4-5-16-13/h4-5,9-10,12,14H,6-8H2,1-3H3/t9?,10-,12?/m0/s1. The second-order valence-corrected chi connectivity index (χ2v) is 8.38. The smallest absolute Gasteiger partial charge is 0.0649 e. The molecule has 17 heavy (non-hydrogen) atoms. The molecule has 1 aromatic rings. The van der Waals surface area contributed by atoms with Gasteiger partial charge in [0, 0.05) is 11.3 Å². The highest BCUT2D eigenvalue weighted by molar-refractivity contribution is 8.01. The average molecular weight is 288 g/mol. The fourth-order valence-electron chi connectivity index (χ4n) is 2.23. The van der Waals surface area contributed by atoms with Crippen LogP contribution in [0.15, 0.2) is 15.7 Å². The average Bonchev–Trinajstić information content (AvgIpc) is 2.74. The molecule has 2 rings (SSSR count). The van der Waals surface area contributed by atoms with Crippen molar-refractivity contribution in [3.63, 3.8) is 0 Å². The van der Waals surface area contributed by atoms with Gasteiger partial charge in [-0.15, -0.1) is 23.1 Å². The molecule has 0 aliphatic carbocycles. The van der Waals surface area contributed by atoms with Crippen molar-refractivity contribution in [3.8, 4) is 0 Å². The van der Waals surface area contributed by atoms with E-state index in [-0.39, 0.29) is 0 Å². The minimum Gasteiger partial charge on any atom is -0.310 e. The first-order chi connectivity index (χ1) is 8.20. The summed E-state index contributed by atoms with van der Waals surface area (Å²) < 4.78 is 1.53. The highest BCUT2D eigenvalue weighted by Gasteiger charge is 2.25. The van der Waals surface area contributed by atoms with Crippen LogP contribution in [-0.2, 0) is 0 Å². The first-order valence-electron chi connectivity index (χ1n) is 6.17. The lowest BCUT2D eigenvalue weighted by molar-refractivity contribution is 0.449. The van der Waals surface area contributed by atoms with Gasteiger partial charge in [0.25, 0.3) is 0 Å². The van der Waals surface area contributed by atoms with Gasteiger partial charge >= 0.3 is 0 Å². The molecular weight excluding hydrogens is 266 g/mol. The van der Waals surface area contributed by atoms with E-state index in [1.807, 2.05) is 34.9 Å². The van der Waals surface area contributed by atoms with Gasteiger partial charge in [0.1, 0.15) is 0 Å². The first-order valence-corrected chi connectivity index (χ1v) is 9.32. The Kier molecular flexibility index (Phi) is 5.27. The zero-order chi connectivity index (χ0) is 12.3. The number of hydrogen-bond donors (Lipinski definition) is 1. The maximum atomic E-state index is 3.76. The van der Waals surface area contributed by atoms with Crippen molar-refractivity contribution in [1.82, 2.24) is 5.32 Å². The molecule has 2 unspecified atom stereocenters. The second-order valence-electron chi connectivity index (χ2n) is 4.85. The summed E-state index contributed by atoms with van der Waals surface area (Å²) in [5.74, 6) is 2.01. The van der Waals surface area contributed by atoms with E-state index < -0.39 is 0 Å². The summed E-state index contributed by atoms with van der Waals surface area (Å²) in [5, 5.41) is 6.74. The van der Waals surface area contributed by atoms with Crippen molar-refractivity contribution < 1.29 is 0 Å². The van der Waals surface area contributed by atoms with Crippen LogP contribution >= 0.6 is 34.9 Å². The Balaban J connectivity index is 1.93. The summed E-state index contributed by atoms with van der Waals surface area (Å²) in [6.45, 7) is 5.81. The van der Waals surface area contributed by atoms with Gasteiger partial charge in [-0.25, -0.2) is 0 Å². The molecule has 0 aromatic carbocycles. The molecule has 1 aromatic heterocycles. The molecule has 0 radical (unpaired) electrons. The molecule has 0 amide bonds. The maximum Gasteiger partial charge on any atom is 0.0649 e. The normalized spacial score (nSPS) is 25.6. The summed E-state index contributed by atoms with van der Waals surface area (Å²) in [7, 11) is 0. The van der Waals surface area contributed by atoms with Crippen molar-refractivity contribution in [2.45, 2.75) is 35.8 Å². The first kappa shape index (κ1) is 13.8. The molecule has 3 atom stereocenters. The molecular formula is C13H21NS3. The minimum absolute atomic E-state index is 0.580. The van der Waals surface area contributed by atoms with Crippen LogP contribution in [0.25, 0.3) is 0 Å². The van der Waals surface area contributed by atoms with Crippen LogP contribution in [-0.4, -0.2) is 23.8 Å². The number of thioether (sulfide) groups is 2. The Morgan fingerprint density at radius 3 is 3.18 bits per heavy atom. The van der Waals surface area contributed by atoms with Crippen LogP contribution in [0.1, 0.15) is 31.9 Å². The molecule has 1 aliphatic heterocycles. The number of hydrogen-bond acceptors (Lipinski definition) is 4. The topological polar surface area (TPSA) is 12.0 Å². The van der Waals surface area contributed by atoms with Gasteiger partial charge in [-0.2, -0.15) is 11.8 Å². The van der Waals surface area contributed by atoms with Gasteiger partial charge in [-0.05, 0) is 47.9 Å². The Hall–Kier alpha value is 0.360. The second kappa shape index (κ2) is 6.50. The summed E-state index contributed by atoms with van der Waals surface area (Å²) in [5.41, 5.74) is 1.54. The highest BCUT2D eigenvalue weighted by atomic mass is 32.2. The van der Waals surface area contributed by atoms with E-state index in [2.05, 4.69) is 36.9 Å². The lowest BCUT2D eigenvalue weighted by Gasteiger charge is -2.28. The molecule has 1 aliphatic rings. The lowest BCUT2D eigenvalue weighted by atomic mass is 10.0. The monoisotopic (exact) mass is 287 g/mol. The van der Waals surface area contributed by atoms with E-state index >= 15 is 0 Å². The number of fused-ring (bicyclic) bond motifs is 1. The lowest BCUT2D eigenvalue weighted by Crippen LogP contribution is -2.30. The van der Waals surface area contributed by atoms with E-state index in [1.165, 1.54) is 21.9 Å². The van der Waals surface area contributed by atoms with Crippen molar-refractivity contribution in [3.05, 3.63) is 17.0 Å². The van der Waals surface area contributed by atoms with Gasteiger partial charge in [-0.3, -0.25) is 0 Å². The fraction of sp³-hybridized carbons (Fsp3) is 0.692. The van der Waals surface area contributed by atoms with E-state index in [1.54, 1.807) is 0 Å². The van der Waals surface area contributed by atoms with Crippen molar-refractivity contribution >= 4 is 34.9 Å². The highest BCUT2D eigenvalue weighted by Crippen LogP contribution is 2.43. The Bertz CT molecular complexity index is 350. The summed E-state index contributed by atoms with van der Waals surface area (Å²) in [6.07, 6.45) is 3.45. The molecule has 0 saturated heterocycles. The van der Waals surface area contributed by atoms with Crippen LogP contribution in [0.3, 0.4) is 0 Å². The fourth-order valence-corrected chi connectivity index (χ4v) is 5.48. The summed E-state index contributed by atoms with van der Waals surface area (Å²) in [4.78, 5) is 0. The van der Waals surface area contributed by atoms with Crippen LogP contribution < -0.4 is 5.32 Å². The third-order valence-corrected chi connectivity index (χ3v) is 6.32. The maximum absolute atomic E-state index is 3.76. The molecule has 4 heteroatoms. The van der Waals surface area contributed by atoms with Crippen molar-refractivity contribution in [2.75, 3.05) is 18.6 Å². The van der Waals surface area contributed by atoms with Crippen LogP contribution in [0.4, 0.5) is 0 Å². The van der Waals surface area contributed by atoms with Gasteiger partial charge in [0.2, 0.25) is 0 Å². The van der Waals surface area contributed by atoms with E-state index in [0.29, 0.717) is 6.04 Å². The van der Waals surface area contributed by atoms with Crippen LogP contribution in [0.2, 0.25) is 0 Å². The molecule has 0 fully saturated rings. The predicted octanol–water partition coefficient (Wildman–Crippen LogP) is 4.26. The van der Waals surface area contributed by atoms with E-state index in [9.17, 15) is 0 Å². The largest absolute Gasteiger partial charge is 0.310 e. The number of rotatable bonds is 5. The molecule has 96 valence electrons. The molecule has 1 nitrogen and oxygen atoms in total. The molecule has 0 bridgehead atoms. The SMILES string of the molecule is CSCC(C)CNC1C[C@H](C)Sc2sccc21. The zero-order valence-corrected chi connectivity index (χ0v) is 13.2. The minimum atomic E-state index is 0.580. The Labute approximate surface area is 117 Å². The third kappa shape index (κ3) is 3.66. The number of thiophene rings is 1. The van der Waals surface area contributed by atoms with Crippen LogP contribution in [0.5, 0.6) is 0 Å². The quantitative estimate of drug-likeness (QED) is 0.869. The van der Waals surface area contributed by atoms with Gasteiger partial charge in [0.15, 0.2) is 0 Å². The summed E-state index contributed by atoms with van der Waals surface area (Å²) >= 11 is 5.88. The van der Waals surface area contributed by atoms with Crippen LogP contribution in [0, 0.1) is 5.92 Å². The molecule has 1 N–H and O–H groups in total. The van der Waals surface area contributed by atoms with Gasteiger partial charge < -0.3 is 5.32 Å². The van der Waals surface area contributed by atoms with E-state index in [4.69, 9.17) is 0 Å². The Morgan fingerprint density at radius 1 is 1.59 bits per heavy atom. The molecule has 0 saturated carbocycles. The van der Waals surface area contributed by atoms with E-state index in [0.717, 1.165) is 17.7 Å². The van der Waals surface area contributed by atoms with Gasteiger partial charge in [-0.1, -0.05) is 13.8 Å². The Morgan fingerprint density at radius 2 is 2.41 bits per heavy atom. The number of nitrogens with one attached hydrogen (secondary N) is 1. The van der Waals surface area contributed by atoms with Gasteiger partial charge in [0.05, 0.1) is 4.21 Å². The van der Waals surface area contributed by atoms with Crippen molar-refractivity contribution in [1.29, 1.82) is 0 Å². The predicted molar refractivity (Wildman–Crippen MR) is 82.5 cm³/mol.